The van der Waals surface area contributed by atoms with Gasteiger partial charge in [-0.25, -0.2) is 4.79 Å². The van der Waals surface area contributed by atoms with Gasteiger partial charge < -0.3 is 19.7 Å². The molecule has 0 amide bonds. The average Bonchev–Trinajstić information content (AvgIpc) is 3.04. The van der Waals surface area contributed by atoms with Crippen molar-refractivity contribution in [3.05, 3.63) is 23.8 Å². The molecule has 1 unspecified atom stereocenters. The number of hydrogen-bond donors (Lipinski definition) is 2. The Morgan fingerprint density at radius 3 is 2.71 bits per heavy atom. The summed E-state index contributed by atoms with van der Waals surface area (Å²) in [5, 5.41) is 21.5. The number of carbonyl (C=O) groups excluding carboxylic acids is 3. The van der Waals surface area contributed by atoms with E-state index in [1.807, 2.05) is 13.0 Å². The first kappa shape index (κ1) is 22.2. The molecule has 0 heterocycles. The lowest BCUT2D eigenvalue weighted by Gasteiger charge is -2.58. The Morgan fingerprint density at radius 1 is 1.26 bits per heavy atom. The maximum absolute atomic E-state index is 13.0. The fourth-order valence-corrected chi connectivity index (χ4v) is 7.27. The largest absolute Gasteiger partial charge is 0.510 e. The molecule has 4 aliphatic rings. The molecule has 4 rings (SSSR count). The van der Waals surface area contributed by atoms with Crippen molar-refractivity contribution < 1.29 is 34.1 Å². The molecule has 0 spiro atoms. The molecule has 0 aromatic carbocycles. The van der Waals surface area contributed by atoms with E-state index in [0.29, 0.717) is 12.8 Å². The SMILES string of the molecule is CCOC(=O)OC(O)C(=O)[C@H]1CC[C@H]2[C@@H]3CCC4=CC(=O)C=C[C@]4(C)[C@H]3[C@@H](O)C[C@]12C. The molecule has 7 heteroatoms. The van der Waals surface area contributed by atoms with Crippen LogP contribution < -0.4 is 0 Å². The molecule has 0 saturated heterocycles. The maximum Gasteiger partial charge on any atom is 0.510 e. The highest BCUT2D eigenvalue weighted by atomic mass is 16.8. The molecule has 170 valence electrons. The first-order chi connectivity index (χ1) is 14.6. The average molecular weight is 433 g/mol. The quantitative estimate of drug-likeness (QED) is 0.519. The standard InChI is InChI=1S/C24H32O7/c1-4-30-22(29)31-21(28)20(27)17-8-7-16-15-6-5-13-11-14(25)9-10-23(13,2)19(15)18(26)12-24(16,17)3/h9-11,15-19,21,26,28H,4-8,12H2,1-3H3/t15-,16-,17+,18-,19+,21?,23-,24-/m0/s1. The molecule has 0 aromatic heterocycles. The Balaban J connectivity index is 1.57. The first-order valence-corrected chi connectivity index (χ1v) is 11.3. The van der Waals surface area contributed by atoms with Gasteiger partial charge in [-0.05, 0) is 68.4 Å². The van der Waals surface area contributed by atoms with Crippen molar-refractivity contribution in [3.8, 4) is 0 Å². The number of aliphatic hydroxyl groups is 2. The topological polar surface area (TPSA) is 110 Å². The molecule has 0 radical (unpaired) electrons. The van der Waals surface area contributed by atoms with Crippen LogP contribution in [0, 0.1) is 34.5 Å². The van der Waals surface area contributed by atoms with Crippen molar-refractivity contribution in [2.75, 3.05) is 6.61 Å². The van der Waals surface area contributed by atoms with Gasteiger partial charge >= 0.3 is 6.16 Å². The Labute approximate surface area is 182 Å². The molecule has 3 saturated carbocycles. The summed E-state index contributed by atoms with van der Waals surface area (Å²) in [5.41, 5.74) is 0.252. The van der Waals surface area contributed by atoms with Crippen LogP contribution in [0.15, 0.2) is 23.8 Å². The summed E-state index contributed by atoms with van der Waals surface area (Å²) < 4.78 is 9.42. The lowest BCUT2D eigenvalue weighted by molar-refractivity contribution is -0.164. The Bertz CT molecular complexity index is 845. The summed E-state index contributed by atoms with van der Waals surface area (Å²) in [5.74, 6) is -0.586. The number of ether oxygens (including phenoxy) is 2. The number of Topliss-reactive ketones (excluding diaryl/α,β-unsaturated/α-hetero) is 1. The van der Waals surface area contributed by atoms with Gasteiger partial charge in [0.05, 0.1) is 12.7 Å². The van der Waals surface area contributed by atoms with Crippen LogP contribution in [0.5, 0.6) is 0 Å². The predicted molar refractivity (Wildman–Crippen MR) is 111 cm³/mol. The van der Waals surface area contributed by atoms with Crippen molar-refractivity contribution in [1.82, 2.24) is 0 Å². The van der Waals surface area contributed by atoms with Crippen LogP contribution in [0.1, 0.15) is 52.9 Å². The fraction of sp³-hybridized carbons (Fsp3) is 0.708. The van der Waals surface area contributed by atoms with Crippen LogP contribution in [-0.4, -0.2) is 46.9 Å². The third-order valence-electron chi connectivity index (χ3n) is 8.55. The van der Waals surface area contributed by atoms with Gasteiger partial charge in [0.2, 0.25) is 5.78 Å². The van der Waals surface area contributed by atoms with E-state index in [-0.39, 0.29) is 35.6 Å². The second-order valence-corrected chi connectivity index (χ2v) is 9.99. The summed E-state index contributed by atoms with van der Waals surface area (Å²) >= 11 is 0. The third kappa shape index (κ3) is 3.46. The third-order valence-corrected chi connectivity index (χ3v) is 8.55. The molecule has 8 atom stereocenters. The zero-order valence-electron chi connectivity index (χ0n) is 18.4. The molecule has 2 N–H and O–H groups in total. The van der Waals surface area contributed by atoms with Crippen LogP contribution >= 0.6 is 0 Å². The number of fused-ring (bicyclic) bond motifs is 5. The zero-order valence-corrected chi connectivity index (χ0v) is 18.4. The van der Waals surface area contributed by atoms with Gasteiger partial charge in [0.1, 0.15) is 0 Å². The van der Waals surface area contributed by atoms with Crippen LogP contribution in [0.25, 0.3) is 0 Å². The van der Waals surface area contributed by atoms with Crippen molar-refractivity contribution in [3.63, 3.8) is 0 Å². The Kier molecular flexibility index (Phi) is 5.63. The number of carbonyl (C=O) groups is 3. The number of rotatable bonds is 4. The number of aliphatic hydroxyl groups excluding tert-OH is 2. The van der Waals surface area contributed by atoms with Crippen molar-refractivity contribution in [2.45, 2.75) is 65.3 Å². The van der Waals surface area contributed by atoms with Crippen molar-refractivity contribution in [2.24, 2.45) is 34.5 Å². The Hall–Kier alpha value is -1.99. The summed E-state index contributed by atoms with van der Waals surface area (Å²) in [6.07, 6.45) is 5.26. The summed E-state index contributed by atoms with van der Waals surface area (Å²) in [6.45, 7) is 5.84. The molecule has 7 nitrogen and oxygen atoms in total. The van der Waals surface area contributed by atoms with Crippen LogP contribution in [0.4, 0.5) is 4.79 Å². The van der Waals surface area contributed by atoms with Gasteiger partial charge in [0, 0.05) is 17.3 Å². The van der Waals surface area contributed by atoms with E-state index in [1.165, 1.54) is 0 Å². The van der Waals surface area contributed by atoms with E-state index in [2.05, 4.69) is 11.7 Å². The van der Waals surface area contributed by atoms with Gasteiger partial charge in [-0.3, -0.25) is 9.59 Å². The van der Waals surface area contributed by atoms with Crippen LogP contribution in [0.2, 0.25) is 0 Å². The number of hydrogen-bond acceptors (Lipinski definition) is 7. The first-order valence-electron chi connectivity index (χ1n) is 11.3. The lowest BCUT2D eigenvalue weighted by atomic mass is 9.46. The van der Waals surface area contributed by atoms with E-state index in [4.69, 9.17) is 4.74 Å². The highest BCUT2D eigenvalue weighted by Gasteiger charge is 2.63. The van der Waals surface area contributed by atoms with Crippen molar-refractivity contribution in [1.29, 1.82) is 0 Å². The van der Waals surface area contributed by atoms with E-state index >= 15 is 0 Å². The van der Waals surface area contributed by atoms with Crippen LogP contribution in [0.3, 0.4) is 0 Å². The van der Waals surface area contributed by atoms with Crippen molar-refractivity contribution >= 4 is 17.7 Å². The van der Waals surface area contributed by atoms with E-state index in [1.54, 1.807) is 19.1 Å². The molecule has 4 aliphatic carbocycles. The lowest BCUT2D eigenvalue weighted by Crippen LogP contribution is -2.56. The molecular weight excluding hydrogens is 400 g/mol. The van der Waals surface area contributed by atoms with E-state index in [0.717, 1.165) is 24.8 Å². The summed E-state index contributed by atoms with van der Waals surface area (Å²) in [6, 6.07) is 0. The van der Waals surface area contributed by atoms with Gasteiger partial charge in [0.15, 0.2) is 5.78 Å². The van der Waals surface area contributed by atoms with E-state index < -0.39 is 35.7 Å². The second kappa shape index (κ2) is 7.85. The summed E-state index contributed by atoms with van der Waals surface area (Å²) in [4.78, 5) is 36.5. The number of ketones is 2. The smallest absolute Gasteiger partial charge is 0.435 e. The minimum Gasteiger partial charge on any atom is -0.435 e. The second-order valence-electron chi connectivity index (χ2n) is 9.99. The minimum absolute atomic E-state index is 0.00294. The van der Waals surface area contributed by atoms with E-state index in [9.17, 15) is 24.6 Å². The number of allylic oxidation sites excluding steroid dienone is 4. The molecular formula is C24H32O7. The van der Waals surface area contributed by atoms with Gasteiger partial charge in [-0.15, -0.1) is 0 Å². The fourth-order valence-electron chi connectivity index (χ4n) is 7.27. The van der Waals surface area contributed by atoms with Gasteiger partial charge in [-0.2, -0.15) is 0 Å². The molecule has 3 fully saturated rings. The monoisotopic (exact) mass is 432 g/mol. The van der Waals surface area contributed by atoms with Gasteiger partial charge in [0.25, 0.3) is 6.29 Å². The summed E-state index contributed by atoms with van der Waals surface area (Å²) in [7, 11) is 0. The molecule has 0 bridgehead atoms. The molecule has 0 aromatic rings. The molecule has 31 heavy (non-hydrogen) atoms. The minimum atomic E-state index is -1.86. The van der Waals surface area contributed by atoms with Gasteiger partial charge in [-0.1, -0.05) is 25.5 Å². The Morgan fingerprint density at radius 2 is 2.00 bits per heavy atom. The zero-order chi connectivity index (χ0) is 22.6. The highest BCUT2D eigenvalue weighted by Crippen LogP contribution is 2.66. The highest BCUT2D eigenvalue weighted by molar-refractivity contribution is 6.01. The maximum atomic E-state index is 13.0. The van der Waals surface area contributed by atoms with Crippen LogP contribution in [-0.2, 0) is 19.1 Å². The predicted octanol–water partition coefficient (Wildman–Crippen LogP) is 2.94. The normalized spacial score (nSPS) is 42.0. The molecule has 0 aliphatic heterocycles.